The number of hydrogen-bond acceptors (Lipinski definition) is 3. The third-order valence-electron chi connectivity index (χ3n) is 3.52. The van der Waals surface area contributed by atoms with E-state index >= 15 is 0 Å². The zero-order chi connectivity index (χ0) is 14.8. The summed E-state index contributed by atoms with van der Waals surface area (Å²) in [4.78, 5) is 18.1. The molecule has 1 rings (SSSR count). The van der Waals surface area contributed by atoms with Gasteiger partial charge in [0.2, 0.25) is 0 Å². The molecule has 1 aromatic carbocycles. The second kappa shape index (κ2) is 10.1. The van der Waals surface area contributed by atoms with Gasteiger partial charge in [-0.15, -0.1) is 0 Å². The van der Waals surface area contributed by atoms with Crippen molar-refractivity contribution in [1.82, 2.24) is 0 Å². The van der Waals surface area contributed by atoms with Crippen molar-refractivity contribution in [2.75, 3.05) is 0 Å². The van der Waals surface area contributed by atoms with E-state index in [1.54, 1.807) is 0 Å². The molecule has 0 heterocycles. The zero-order valence-electron chi connectivity index (χ0n) is 12.6. The number of benzene rings is 1. The average Bonchev–Trinajstić information content (AvgIpc) is 2.41. The summed E-state index contributed by atoms with van der Waals surface area (Å²) >= 11 is 0. The van der Waals surface area contributed by atoms with E-state index in [9.17, 15) is 0 Å². The van der Waals surface area contributed by atoms with Crippen LogP contribution < -0.4 is 4.52 Å². The van der Waals surface area contributed by atoms with Crippen LogP contribution in [0.2, 0.25) is 0 Å². The molecule has 0 saturated heterocycles. The zero-order valence-corrected chi connectivity index (χ0v) is 13.5. The van der Waals surface area contributed by atoms with Crippen LogP contribution in [0.3, 0.4) is 0 Å². The molecule has 0 aliphatic carbocycles. The maximum atomic E-state index is 9.04. The topological polar surface area (TPSA) is 49.7 Å². The van der Waals surface area contributed by atoms with E-state index in [0.717, 1.165) is 24.0 Å². The minimum Gasteiger partial charge on any atom is -0.426 e. The van der Waals surface area contributed by atoms with Gasteiger partial charge in [0, 0.05) is 0 Å². The van der Waals surface area contributed by atoms with Crippen molar-refractivity contribution in [3.05, 3.63) is 29.3 Å². The van der Waals surface area contributed by atoms with E-state index in [1.807, 2.05) is 25.1 Å². The van der Waals surface area contributed by atoms with Crippen molar-refractivity contribution in [2.24, 2.45) is 0 Å². The fourth-order valence-corrected chi connectivity index (χ4v) is 2.82. The first-order chi connectivity index (χ1) is 9.65. The van der Waals surface area contributed by atoms with E-state index in [4.69, 9.17) is 14.3 Å². The van der Waals surface area contributed by atoms with Crippen molar-refractivity contribution in [1.29, 1.82) is 0 Å². The molecule has 20 heavy (non-hydrogen) atoms. The molecule has 0 aliphatic rings. The first kappa shape index (κ1) is 17.4. The van der Waals surface area contributed by atoms with Crippen molar-refractivity contribution in [3.8, 4) is 5.75 Å². The molecule has 0 bridgehead atoms. The smallest absolute Gasteiger partial charge is 0.391 e. The Labute approximate surface area is 124 Å². The maximum Gasteiger partial charge on any atom is 0.391 e. The molecular weight excluding hydrogens is 271 g/mol. The second-order valence-corrected chi connectivity index (χ2v) is 5.97. The van der Waals surface area contributed by atoms with Gasteiger partial charge in [0.05, 0.1) is 0 Å². The van der Waals surface area contributed by atoms with E-state index in [1.165, 1.54) is 38.5 Å². The van der Waals surface area contributed by atoms with Crippen LogP contribution >= 0.6 is 8.60 Å². The van der Waals surface area contributed by atoms with Gasteiger partial charge in [-0.05, 0) is 30.9 Å². The molecule has 3 nitrogen and oxygen atoms in total. The average molecular weight is 298 g/mol. The summed E-state index contributed by atoms with van der Waals surface area (Å²) in [6.07, 6.45) is 9.87. The van der Waals surface area contributed by atoms with E-state index < -0.39 is 8.60 Å². The number of para-hydroxylation sites is 1. The summed E-state index contributed by atoms with van der Waals surface area (Å²) in [6.45, 7) is 4.17. The van der Waals surface area contributed by atoms with E-state index in [-0.39, 0.29) is 0 Å². The minimum absolute atomic E-state index is 0.648. The normalized spacial score (nSPS) is 11.1. The molecule has 0 aliphatic heterocycles. The Balaban J connectivity index is 2.37. The lowest BCUT2D eigenvalue weighted by atomic mass is 10.0. The van der Waals surface area contributed by atoms with Crippen molar-refractivity contribution < 1.29 is 14.3 Å². The fourth-order valence-electron chi connectivity index (χ4n) is 2.39. The first-order valence-electron chi connectivity index (χ1n) is 7.59. The Morgan fingerprint density at radius 1 is 1.00 bits per heavy atom. The quantitative estimate of drug-likeness (QED) is 0.478. The summed E-state index contributed by atoms with van der Waals surface area (Å²) in [6, 6.07) is 5.94. The highest BCUT2D eigenvalue weighted by molar-refractivity contribution is 7.39. The third-order valence-corrected chi connectivity index (χ3v) is 3.86. The maximum absolute atomic E-state index is 9.04. The molecule has 0 aromatic heterocycles. The summed E-state index contributed by atoms with van der Waals surface area (Å²) in [7, 11) is -2.34. The molecule has 0 unspecified atom stereocenters. The van der Waals surface area contributed by atoms with Gasteiger partial charge in [-0.3, -0.25) is 0 Å². The number of unbranched alkanes of at least 4 members (excludes halogenated alkanes) is 6. The Kier molecular flexibility index (Phi) is 8.84. The van der Waals surface area contributed by atoms with Crippen LogP contribution in [0.4, 0.5) is 0 Å². The number of hydrogen-bond donors (Lipinski definition) is 2. The van der Waals surface area contributed by atoms with Gasteiger partial charge >= 0.3 is 8.60 Å². The minimum atomic E-state index is -2.34. The Morgan fingerprint density at radius 3 is 2.30 bits per heavy atom. The van der Waals surface area contributed by atoms with Crippen LogP contribution in [0.1, 0.15) is 63.0 Å². The lowest BCUT2D eigenvalue weighted by Gasteiger charge is -2.13. The predicted molar refractivity (Wildman–Crippen MR) is 84.9 cm³/mol. The van der Waals surface area contributed by atoms with Crippen LogP contribution in [0, 0.1) is 6.92 Å². The Morgan fingerprint density at radius 2 is 1.65 bits per heavy atom. The molecule has 1 aromatic rings. The molecule has 2 N–H and O–H groups in total. The van der Waals surface area contributed by atoms with Crippen LogP contribution in [0.15, 0.2) is 18.2 Å². The van der Waals surface area contributed by atoms with Crippen molar-refractivity contribution in [3.63, 3.8) is 0 Å². The molecule has 0 radical (unpaired) electrons. The van der Waals surface area contributed by atoms with Gasteiger partial charge in [0.25, 0.3) is 0 Å². The van der Waals surface area contributed by atoms with Gasteiger partial charge in [-0.2, -0.15) is 0 Å². The largest absolute Gasteiger partial charge is 0.426 e. The monoisotopic (exact) mass is 298 g/mol. The van der Waals surface area contributed by atoms with E-state index in [2.05, 4.69) is 6.92 Å². The van der Waals surface area contributed by atoms with Crippen molar-refractivity contribution >= 4 is 8.60 Å². The lowest BCUT2D eigenvalue weighted by Crippen LogP contribution is -1.96. The van der Waals surface area contributed by atoms with Crippen LogP contribution in [0.5, 0.6) is 5.75 Å². The van der Waals surface area contributed by atoms with Gasteiger partial charge in [0.1, 0.15) is 5.75 Å². The highest BCUT2D eigenvalue weighted by Gasteiger charge is 2.11. The molecule has 0 atom stereocenters. The van der Waals surface area contributed by atoms with Gasteiger partial charge in [0.15, 0.2) is 0 Å². The highest BCUT2D eigenvalue weighted by atomic mass is 31.2. The molecule has 114 valence electrons. The van der Waals surface area contributed by atoms with Gasteiger partial charge < -0.3 is 14.3 Å². The number of aryl methyl sites for hydroxylation is 2. The summed E-state index contributed by atoms with van der Waals surface area (Å²) in [5.74, 6) is 0.648. The molecule has 0 spiro atoms. The van der Waals surface area contributed by atoms with Crippen LogP contribution in [0.25, 0.3) is 0 Å². The molecule has 0 saturated carbocycles. The van der Waals surface area contributed by atoms with E-state index in [0.29, 0.717) is 5.75 Å². The van der Waals surface area contributed by atoms with Gasteiger partial charge in [-0.1, -0.05) is 63.6 Å². The SMILES string of the molecule is CCCCCCCCCc1cccc(C)c1OP(O)O. The molecule has 0 amide bonds. The Hall–Kier alpha value is -0.630. The van der Waals surface area contributed by atoms with Gasteiger partial charge in [-0.25, -0.2) is 0 Å². The molecule has 0 fully saturated rings. The molecular formula is C16H27O3P. The lowest BCUT2D eigenvalue weighted by molar-refractivity contribution is 0.372. The Bertz CT molecular complexity index is 380. The standard InChI is InChI=1S/C16H27O3P/c1-3-4-5-6-7-8-9-12-15-13-10-11-14(2)16(15)19-20(17)18/h10-11,13,17-18H,3-9,12H2,1-2H3. The summed E-state index contributed by atoms with van der Waals surface area (Å²) in [5, 5.41) is 0. The first-order valence-corrected chi connectivity index (χ1v) is 8.76. The molecule has 4 heteroatoms. The number of rotatable bonds is 10. The van der Waals surface area contributed by atoms with Crippen LogP contribution in [-0.2, 0) is 6.42 Å². The second-order valence-electron chi connectivity index (χ2n) is 5.28. The van der Waals surface area contributed by atoms with Crippen LogP contribution in [-0.4, -0.2) is 9.79 Å². The summed E-state index contributed by atoms with van der Waals surface area (Å²) < 4.78 is 5.16. The fraction of sp³-hybridized carbons (Fsp3) is 0.625. The summed E-state index contributed by atoms with van der Waals surface area (Å²) in [5.41, 5.74) is 2.04. The van der Waals surface area contributed by atoms with Crippen molar-refractivity contribution in [2.45, 2.75) is 65.2 Å². The third kappa shape index (κ3) is 6.69. The highest BCUT2D eigenvalue weighted by Crippen LogP contribution is 2.35. The predicted octanol–water partition coefficient (Wildman–Crippen LogP) is 4.88.